The summed E-state index contributed by atoms with van der Waals surface area (Å²) in [6, 6.07) is 1.86. The molecule has 0 fully saturated rings. The van der Waals surface area contributed by atoms with Gasteiger partial charge in [0.25, 0.3) is 5.91 Å². The highest BCUT2D eigenvalue weighted by Crippen LogP contribution is 2.27. The van der Waals surface area contributed by atoms with Gasteiger partial charge in [0, 0.05) is 23.8 Å². The Hall–Kier alpha value is -1.73. The molecule has 0 aliphatic carbocycles. The number of aromatic nitrogens is 3. The predicted octanol–water partition coefficient (Wildman–Crippen LogP) is 3.82. The molecule has 0 saturated carbocycles. The van der Waals surface area contributed by atoms with Gasteiger partial charge in [-0.05, 0) is 20.8 Å². The molecule has 2 aromatic heterocycles. The Kier molecular flexibility index (Phi) is 5.21. The summed E-state index contributed by atoms with van der Waals surface area (Å²) in [4.78, 5) is 17.5. The second-order valence-electron chi connectivity index (χ2n) is 6.44. The maximum Gasteiger partial charge on any atom is 0.268 e. The van der Waals surface area contributed by atoms with Gasteiger partial charge in [0.2, 0.25) is 0 Å². The fourth-order valence-electron chi connectivity index (χ4n) is 2.07. The molecule has 0 aliphatic rings. The molecule has 0 aliphatic heterocycles. The molecule has 2 aromatic rings. The van der Waals surface area contributed by atoms with Gasteiger partial charge >= 0.3 is 0 Å². The number of aryl methyl sites for hydroxylation is 1. The van der Waals surface area contributed by atoms with Gasteiger partial charge in [-0.1, -0.05) is 20.8 Å². The van der Waals surface area contributed by atoms with Crippen LogP contribution in [0.1, 0.15) is 66.8 Å². The Morgan fingerprint density at radius 3 is 2.74 bits per heavy atom. The molecule has 2 N–H and O–H groups in total. The third-order valence-electron chi connectivity index (χ3n) is 3.41. The van der Waals surface area contributed by atoms with Crippen LogP contribution in [0.4, 0.5) is 5.82 Å². The van der Waals surface area contributed by atoms with E-state index in [0.29, 0.717) is 23.0 Å². The average Bonchev–Trinajstić information content (AvgIpc) is 3.05. The van der Waals surface area contributed by atoms with Crippen LogP contribution in [0.3, 0.4) is 0 Å². The van der Waals surface area contributed by atoms with Crippen LogP contribution >= 0.6 is 11.3 Å². The Bertz CT molecular complexity index is 685. The molecule has 0 aromatic carbocycles. The van der Waals surface area contributed by atoms with Crippen LogP contribution in [0.2, 0.25) is 0 Å². The number of amides is 1. The first kappa shape index (κ1) is 17.6. The molecule has 2 heterocycles. The number of nitrogens with one attached hydrogen (secondary N) is 2. The summed E-state index contributed by atoms with van der Waals surface area (Å²) in [5, 5.41) is 10.7. The van der Waals surface area contributed by atoms with E-state index in [4.69, 9.17) is 4.74 Å². The molecular weight excluding hydrogens is 312 g/mol. The number of anilines is 1. The van der Waals surface area contributed by atoms with Crippen molar-refractivity contribution in [1.82, 2.24) is 15.2 Å². The first-order chi connectivity index (χ1) is 10.7. The molecule has 6 nitrogen and oxygen atoms in total. The van der Waals surface area contributed by atoms with Crippen molar-refractivity contribution in [2.24, 2.45) is 0 Å². The molecule has 1 amide bonds. The number of aromatic amines is 1. The molecule has 1 atom stereocenters. The molecule has 0 radical (unpaired) electrons. The number of hydrogen-bond donors (Lipinski definition) is 2. The quantitative estimate of drug-likeness (QED) is 0.870. The lowest BCUT2D eigenvalue weighted by atomic mass is 9.92. The van der Waals surface area contributed by atoms with Crippen LogP contribution < -0.4 is 5.32 Å². The fraction of sp³-hybridized carbons (Fsp3) is 0.562. The van der Waals surface area contributed by atoms with Crippen molar-refractivity contribution in [3.8, 4) is 0 Å². The summed E-state index contributed by atoms with van der Waals surface area (Å²) < 4.78 is 5.53. The van der Waals surface area contributed by atoms with Gasteiger partial charge in [-0.3, -0.25) is 9.89 Å². The second-order valence-corrected chi connectivity index (χ2v) is 7.47. The van der Waals surface area contributed by atoms with Crippen molar-refractivity contribution in [2.45, 2.75) is 53.1 Å². The lowest BCUT2D eigenvalue weighted by Crippen LogP contribution is -2.12. The Labute approximate surface area is 140 Å². The molecule has 0 spiro atoms. The van der Waals surface area contributed by atoms with E-state index >= 15 is 0 Å². The third kappa shape index (κ3) is 4.17. The minimum atomic E-state index is -0.193. The second kappa shape index (κ2) is 6.80. The Morgan fingerprint density at radius 1 is 1.48 bits per heavy atom. The van der Waals surface area contributed by atoms with Crippen molar-refractivity contribution in [3.63, 3.8) is 0 Å². The van der Waals surface area contributed by atoms with E-state index in [9.17, 15) is 4.79 Å². The Balaban J connectivity index is 2.13. The first-order valence-corrected chi connectivity index (χ1v) is 8.50. The zero-order chi connectivity index (χ0) is 17.2. The van der Waals surface area contributed by atoms with E-state index in [-0.39, 0.29) is 17.4 Å². The monoisotopic (exact) mass is 336 g/mol. The number of thiazole rings is 1. The number of rotatable bonds is 5. The summed E-state index contributed by atoms with van der Waals surface area (Å²) in [5.74, 6) is 0.328. The van der Waals surface area contributed by atoms with Crippen molar-refractivity contribution >= 4 is 23.1 Å². The minimum absolute atomic E-state index is 0.0452. The van der Waals surface area contributed by atoms with Crippen LogP contribution in [0, 0.1) is 6.92 Å². The minimum Gasteiger partial charge on any atom is -0.372 e. The maximum atomic E-state index is 12.5. The Morgan fingerprint density at radius 2 is 2.17 bits per heavy atom. The molecule has 2 rings (SSSR count). The smallest absolute Gasteiger partial charge is 0.268 e. The molecule has 7 heteroatoms. The largest absolute Gasteiger partial charge is 0.372 e. The number of nitrogens with zero attached hydrogens (tertiary/aromatic N) is 2. The molecular formula is C16H24N4O2S. The van der Waals surface area contributed by atoms with Crippen LogP contribution in [0.5, 0.6) is 0 Å². The standard InChI is InChI=1S/C16H24N4O2S/c1-7-22-10(3)15-17-9(2)13(23-15)14(21)18-12-8-11(19-20-12)16(4,5)6/h8,10H,7H2,1-6H3,(H2,18,19,20,21). The van der Waals surface area contributed by atoms with Gasteiger partial charge in [-0.15, -0.1) is 11.3 Å². The summed E-state index contributed by atoms with van der Waals surface area (Å²) in [7, 11) is 0. The summed E-state index contributed by atoms with van der Waals surface area (Å²) in [6.07, 6.45) is -0.108. The van der Waals surface area contributed by atoms with Crippen LogP contribution in [0.15, 0.2) is 6.07 Å². The van der Waals surface area contributed by atoms with Crippen molar-refractivity contribution in [2.75, 3.05) is 11.9 Å². The highest BCUT2D eigenvalue weighted by Gasteiger charge is 2.21. The van der Waals surface area contributed by atoms with Crippen LogP contribution in [0.25, 0.3) is 0 Å². The van der Waals surface area contributed by atoms with E-state index in [1.807, 2.05) is 26.8 Å². The van der Waals surface area contributed by atoms with E-state index in [1.54, 1.807) is 0 Å². The summed E-state index contributed by atoms with van der Waals surface area (Å²) in [5.41, 5.74) is 1.64. The molecule has 126 valence electrons. The zero-order valence-electron chi connectivity index (χ0n) is 14.5. The highest BCUT2D eigenvalue weighted by molar-refractivity contribution is 7.14. The summed E-state index contributed by atoms with van der Waals surface area (Å²) >= 11 is 1.36. The van der Waals surface area contributed by atoms with Gasteiger partial charge in [-0.2, -0.15) is 5.10 Å². The SMILES string of the molecule is CCOC(C)c1nc(C)c(C(=O)Nc2cc(C(C)(C)C)[nH]n2)s1. The maximum absolute atomic E-state index is 12.5. The molecule has 23 heavy (non-hydrogen) atoms. The first-order valence-electron chi connectivity index (χ1n) is 7.68. The van der Waals surface area contributed by atoms with Gasteiger partial charge in [0.1, 0.15) is 16.0 Å². The average molecular weight is 336 g/mol. The van der Waals surface area contributed by atoms with Crippen LogP contribution in [-0.2, 0) is 10.2 Å². The fourth-order valence-corrected chi connectivity index (χ4v) is 3.03. The predicted molar refractivity (Wildman–Crippen MR) is 92.1 cm³/mol. The van der Waals surface area contributed by atoms with Crippen molar-refractivity contribution < 1.29 is 9.53 Å². The molecule has 1 unspecified atom stereocenters. The van der Waals surface area contributed by atoms with Crippen molar-refractivity contribution in [1.29, 1.82) is 0 Å². The lowest BCUT2D eigenvalue weighted by Gasteiger charge is -2.14. The van der Waals surface area contributed by atoms with Gasteiger partial charge < -0.3 is 10.1 Å². The van der Waals surface area contributed by atoms with E-state index < -0.39 is 0 Å². The number of hydrogen-bond acceptors (Lipinski definition) is 5. The molecule has 0 saturated heterocycles. The zero-order valence-corrected chi connectivity index (χ0v) is 15.3. The number of H-pyrrole nitrogens is 1. The van der Waals surface area contributed by atoms with Crippen LogP contribution in [-0.4, -0.2) is 27.7 Å². The van der Waals surface area contributed by atoms with E-state index in [0.717, 1.165) is 10.7 Å². The van der Waals surface area contributed by atoms with E-state index in [2.05, 4.69) is 41.3 Å². The van der Waals surface area contributed by atoms with E-state index in [1.165, 1.54) is 11.3 Å². The van der Waals surface area contributed by atoms with Crippen molar-refractivity contribution in [3.05, 3.63) is 27.3 Å². The van der Waals surface area contributed by atoms with Gasteiger partial charge in [0.15, 0.2) is 5.82 Å². The van der Waals surface area contributed by atoms with Gasteiger partial charge in [-0.25, -0.2) is 4.98 Å². The topological polar surface area (TPSA) is 79.9 Å². The van der Waals surface area contributed by atoms with Gasteiger partial charge in [0.05, 0.1) is 5.69 Å². The summed E-state index contributed by atoms with van der Waals surface area (Å²) in [6.45, 7) is 12.6. The highest BCUT2D eigenvalue weighted by atomic mass is 32.1. The number of carbonyl (C=O) groups excluding carboxylic acids is 1. The third-order valence-corrected chi connectivity index (χ3v) is 4.73. The molecule has 0 bridgehead atoms. The lowest BCUT2D eigenvalue weighted by molar-refractivity contribution is 0.0761. The number of carbonyl (C=O) groups is 1. The number of ether oxygens (including phenoxy) is 1. The normalized spacial score (nSPS) is 13.1.